The van der Waals surface area contributed by atoms with Gasteiger partial charge in [-0.05, 0) is 43.5 Å². The Morgan fingerprint density at radius 3 is 2.90 bits per heavy atom. The van der Waals surface area contributed by atoms with E-state index in [4.69, 9.17) is 4.98 Å². The summed E-state index contributed by atoms with van der Waals surface area (Å²) in [6.07, 6.45) is 2.19. The summed E-state index contributed by atoms with van der Waals surface area (Å²) in [4.78, 5) is 7.10. The summed E-state index contributed by atoms with van der Waals surface area (Å²) in [6.45, 7) is 5.38. The number of pyridine rings is 1. The minimum absolute atomic E-state index is 0.460. The van der Waals surface area contributed by atoms with Crippen LogP contribution in [0.2, 0.25) is 0 Å². The molecule has 104 valence electrons. The van der Waals surface area contributed by atoms with Crippen LogP contribution in [-0.4, -0.2) is 17.6 Å². The van der Waals surface area contributed by atoms with Crippen molar-refractivity contribution < 1.29 is 0 Å². The van der Waals surface area contributed by atoms with E-state index >= 15 is 0 Å². The van der Waals surface area contributed by atoms with Gasteiger partial charge in [0.2, 0.25) is 0 Å². The van der Waals surface area contributed by atoms with Gasteiger partial charge in [0.1, 0.15) is 11.6 Å². The van der Waals surface area contributed by atoms with Gasteiger partial charge in [0.25, 0.3) is 0 Å². The molecule has 0 saturated carbocycles. The third-order valence-electron chi connectivity index (χ3n) is 3.74. The molecule has 0 spiro atoms. The summed E-state index contributed by atoms with van der Waals surface area (Å²) in [6, 6.07) is 15.3. The smallest absolute Gasteiger partial charge is 0.135 e. The molecule has 1 atom stereocenters. The van der Waals surface area contributed by atoms with Crippen LogP contribution in [0, 0.1) is 0 Å². The number of nitrogens with zero attached hydrogens (tertiary/aromatic N) is 2. The predicted molar refractivity (Wildman–Crippen MR) is 84.8 cm³/mol. The van der Waals surface area contributed by atoms with Crippen molar-refractivity contribution in [2.24, 2.45) is 0 Å². The molecule has 3 rings (SSSR count). The van der Waals surface area contributed by atoms with Crippen LogP contribution in [-0.2, 0) is 6.42 Å². The first-order valence-corrected chi connectivity index (χ1v) is 7.37. The van der Waals surface area contributed by atoms with Gasteiger partial charge < -0.3 is 10.2 Å². The van der Waals surface area contributed by atoms with Gasteiger partial charge in [-0.15, -0.1) is 0 Å². The quantitative estimate of drug-likeness (QED) is 0.908. The Balaban J connectivity index is 1.93. The Kier molecular flexibility index (Phi) is 3.59. The van der Waals surface area contributed by atoms with Gasteiger partial charge in [-0.25, -0.2) is 4.98 Å². The van der Waals surface area contributed by atoms with Gasteiger partial charge in [-0.3, -0.25) is 0 Å². The average Bonchev–Trinajstić information content (AvgIpc) is 2.81. The second-order valence-corrected chi connectivity index (χ2v) is 5.36. The Bertz CT molecular complexity index is 594. The first kappa shape index (κ1) is 13.0. The summed E-state index contributed by atoms with van der Waals surface area (Å²) < 4.78 is 0. The molecule has 0 fully saturated rings. The number of hydrogen-bond donors (Lipinski definition) is 1. The zero-order valence-electron chi connectivity index (χ0n) is 12.1. The number of fused-ring (bicyclic) bond motifs is 1. The molecular formula is C17H21N3. The lowest BCUT2D eigenvalue weighted by Crippen LogP contribution is -2.25. The fraction of sp³-hybridized carbons (Fsp3) is 0.353. The van der Waals surface area contributed by atoms with Crippen molar-refractivity contribution in [1.29, 1.82) is 0 Å². The van der Waals surface area contributed by atoms with E-state index in [1.807, 2.05) is 6.07 Å². The zero-order chi connectivity index (χ0) is 13.9. The largest absolute Gasteiger partial charge is 0.370 e. The van der Waals surface area contributed by atoms with Crippen LogP contribution in [0.1, 0.15) is 25.8 Å². The Hall–Kier alpha value is -2.03. The highest BCUT2D eigenvalue weighted by Gasteiger charge is 2.27. The Morgan fingerprint density at radius 1 is 1.20 bits per heavy atom. The molecule has 2 heterocycles. The van der Waals surface area contributed by atoms with E-state index in [0.717, 1.165) is 31.0 Å². The van der Waals surface area contributed by atoms with Crippen LogP contribution in [0.15, 0.2) is 42.5 Å². The molecule has 3 heteroatoms. The molecular weight excluding hydrogens is 246 g/mol. The lowest BCUT2D eigenvalue weighted by molar-refractivity contribution is 0.750. The number of aromatic nitrogens is 1. The Morgan fingerprint density at radius 2 is 2.05 bits per heavy atom. The van der Waals surface area contributed by atoms with E-state index in [9.17, 15) is 0 Å². The maximum atomic E-state index is 4.76. The minimum atomic E-state index is 0.460. The molecule has 2 aromatic rings. The number of rotatable bonds is 4. The molecule has 1 aliphatic heterocycles. The second kappa shape index (κ2) is 5.53. The normalized spacial score (nSPS) is 17.1. The van der Waals surface area contributed by atoms with Crippen LogP contribution in [0.25, 0.3) is 0 Å². The van der Waals surface area contributed by atoms with Crippen molar-refractivity contribution in [3.05, 3.63) is 48.0 Å². The maximum absolute atomic E-state index is 4.76. The van der Waals surface area contributed by atoms with Crippen molar-refractivity contribution in [3.8, 4) is 0 Å². The molecule has 0 aliphatic carbocycles. The van der Waals surface area contributed by atoms with Gasteiger partial charge in [-0.2, -0.15) is 0 Å². The van der Waals surface area contributed by atoms with Crippen molar-refractivity contribution in [2.75, 3.05) is 16.8 Å². The number of hydrogen-bond acceptors (Lipinski definition) is 3. The highest BCUT2D eigenvalue weighted by Crippen LogP contribution is 2.37. The standard InChI is InChI=1S/C17H21N3/c1-3-11-18-16-9-6-10-17(19-16)20-13(2)12-14-7-4-5-8-15(14)20/h4-10,13H,3,11-12H2,1-2H3,(H,18,19). The van der Waals surface area contributed by atoms with E-state index in [1.54, 1.807) is 0 Å². The van der Waals surface area contributed by atoms with Gasteiger partial charge >= 0.3 is 0 Å². The highest BCUT2D eigenvalue weighted by molar-refractivity contribution is 5.69. The monoisotopic (exact) mass is 267 g/mol. The predicted octanol–water partition coefficient (Wildman–Crippen LogP) is 3.99. The molecule has 20 heavy (non-hydrogen) atoms. The average molecular weight is 267 g/mol. The lowest BCUT2D eigenvalue weighted by Gasteiger charge is -2.24. The molecule has 1 aliphatic rings. The topological polar surface area (TPSA) is 28.2 Å². The second-order valence-electron chi connectivity index (χ2n) is 5.36. The molecule has 1 aromatic heterocycles. The number of benzene rings is 1. The van der Waals surface area contributed by atoms with E-state index in [1.165, 1.54) is 11.3 Å². The third kappa shape index (κ3) is 2.36. The van der Waals surface area contributed by atoms with Gasteiger partial charge in [-0.1, -0.05) is 31.2 Å². The molecule has 0 bridgehead atoms. The van der Waals surface area contributed by atoms with Crippen molar-refractivity contribution >= 4 is 17.3 Å². The number of anilines is 3. The van der Waals surface area contributed by atoms with Crippen molar-refractivity contribution in [2.45, 2.75) is 32.7 Å². The molecule has 0 radical (unpaired) electrons. The first-order chi connectivity index (χ1) is 9.79. The fourth-order valence-corrected chi connectivity index (χ4v) is 2.82. The fourth-order valence-electron chi connectivity index (χ4n) is 2.82. The summed E-state index contributed by atoms with van der Waals surface area (Å²) in [5, 5.41) is 3.36. The molecule has 0 saturated heterocycles. The third-order valence-corrected chi connectivity index (χ3v) is 3.74. The minimum Gasteiger partial charge on any atom is -0.370 e. The van der Waals surface area contributed by atoms with E-state index in [0.29, 0.717) is 6.04 Å². The van der Waals surface area contributed by atoms with Crippen LogP contribution in [0.4, 0.5) is 17.3 Å². The van der Waals surface area contributed by atoms with Crippen LogP contribution in [0.3, 0.4) is 0 Å². The summed E-state index contributed by atoms with van der Waals surface area (Å²) in [5.41, 5.74) is 2.70. The van der Waals surface area contributed by atoms with Crippen LogP contribution < -0.4 is 10.2 Å². The molecule has 1 aromatic carbocycles. The van der Waals surface area contributed by atoms with Crippen LogP contribution in [0.5, 0.6) is 0 Å². The summed E-state index contributed by atoms with van der Waals surface area (Å²) in [7, 11) is 0. The van der Waals surface area contributed by atoms with Crippen molar-refractivity contribution in [1.82, 2.24) is 4.98 Å². The molecule has 0 amide bonds. The maximum Gasteiger partial charge on any atom is 0.135 e. The van der Waals surface area contributed by atoms with E-state index < -0.39 is 0 Å². The van der Waals surface area contributed by atoms with Crippen LogP contribution >= 0.6 is 0 Å². The van der Waals surface area contributed by atoms with E-state index in [2.05, 4.69) is 60.5 Å². The van der Waals surface area contributed by atoms with E-state index in [-0.39, 0.29) is 0 Å². The lowest BCUT2D eigenvalue weighted by atomic mass is 10.1. The Labute approximate surface area is 120 Å². The SMILES string of the molecule is CCCNc1cccc(N2c3ccccc3CC2C)n1. The van der Waals surface area contributed by atoms with Gasteiger partial charge in [0, 0.05) is 18.3 Å². The number of nitrogens with one attached hydrogen (secondary N) is 1. The zero-order valence-corrected chi connectivity index (χ0v) is 12.1. The summed E-state index contributed by atoms with van der Waals surface area (Å²) >= 11 is 0. The molecule has 3 nitrogen and oxygen atoms in total. The van der Waals surface area contributed by atoms with Gasteiger partial charge in [0.15, 0.2) is 0 Å². The molecule has 1 unspecified atom stereocenters. The number of para-hydroxylation sites is 1. The van der Waals surface area contributed by atoms with Crippen molar-refractivity contribution in [3.63, 3.8) is 0 Å². The summed E-state index contributed by atoms with van der Waals surface area (Å²) in [5.74, 6) is 1.99. The highest BCUT2D eigenvalue weighted by atomic mass is 15.2. The van der Waals surface area contributed by atoms with Gasteiger partial charge in [0.05, 0.1) is 0 Å². The molecule has 1 N–H and O–H groups in total. The first-order valence-electron chi connectivity index (χ1n) is 7.37.